The van der Waals surface area contributed by atoms with Gasteiger partial charge < -0.3 is 10.8 Å². The molecule has 0 heterocycles. The molecule has 1 aliphatic rings. The molecule has 3 heteroatoms. The average Bonchev–Trinajstić information content (AvgIpc) is 2.71. The number of carbonyl (C=O) groups is 1. The number of carboxylic acid groups (broad SMARTS) is 1. The van der Waals surface area contributed by atoms with Crippen LogP contribution in [0.3, 0.4) is 0 Å². The highest BCUT2D eigenvalue weighted by Gasteiger charge is 2.37. The van der Waals surface area contributed by atoms with Crippen LogP contribution in [0.2, 0.25) is 0 Å². The third kappa shape index (κ3) is 1.93. The highest BCUT2D eigenvalue weighted by atomic mass is 16.4. The Kier molecular flexibility index (Phi) is 2.18. The fraction of sp³-hybridized carbons (Fsp3) is 0.875. The summed E-state index contributed by atoms with van der Waals surface area (Å²) >= 11 is 0. The summed E-state index contributed by atoms with van der Waals surface area (Å²) in [6, 6.07) is 0. The Labute approximate surface area is 66.6 Å². The van der Waals surface area contributed by atoms with Crippen LogP contribution in [0.15, 0.2) is 0 Å². The van der Waals surface area contributed by atoms with Gasteiger partial charge in [0.15, 0.2) is 0 Å². The molecule has 0 aromatic heterocycles. The molecular formula is C8H15NO2. The lowest BCUT2D eigenvalue weighted by Crippen LogP contribution is -2.36. The molecule has 0 bridgehead atoms. The van der Waals surface area contributed by atoms with Crippen molar-refractivity contribution in [2.24, 2.45) is 17.1 Å². The molecule has 1 saturated carbocycles. The zero-order chi connectivity index (χ0) is 8.48. The Bertz CT molecular complexity index is 165. The van der Waals surface area contributed by atoms with Crippen LogP contribution >= 0.6 is 0 Å². The molecule has 1 atom stereocenters. The van der Waals surface area contributed by atoms with E-state index in [0.717, 1.165) is 6.42 Å². The van der Waals surface area contributed by atoms with Crippen molar-refractivity contribution in [1.82, 2.24) is 0 Å². The molecule has 0 radical (unpaired) electrons. The monoisotopic (exact) mass is 157 g/mol. The lowest BCUT2D eigenvalue weighted by molar-refractivity contribution is -0.148. The van der Waals surface area contributed by atoms with Gasteiger partial charge in [0.1, 0.15) is 0 Å². The molecule has 3 N–H and O–H groups in total. The summed E-state index contributed by atoms with van der Waals surface area (Å²) in [5, 5.41) is 8.83. The van der Waals surface area contributed by atoms with E-state index < -0.39 is 11.4 Å². The van der Waals surface area contributed by atoms with Crippen LogP contribution in [0.1, 0.15) is 26.2 Å². The lowest BCUT2D eigenvalue weighted by Gasteiger charge is -2.21. The standard InChI is InChI=1S/C8H15NO2/c1-8(5-9,7(10)11)4-6-2-3-6/h6H,2-5,9H2,1H3,(H,10,11). The second-order valence-electron chi connectivity index (χ2n) is 3.72. The number of hydrogen-bond donors (Lipinski definition) is 2. The minimum atomic E-state index is -0.757. The van der Waals surface area contributed by atoms with Gasteiger partial charge in [-0.25, -0.2) is 0 Å². The maximum atomic E-state index is 10.7. The van der Waals surface area contributed by atoms with Crippen LogP contribution in [0.4, 0.5) is 0 Å². The van der Waals surface area contributed by atoms with E-state index in [1.165, 1.54) is 12.8 Å². The zero-order valence-corrected chi connectivity index (χ0v) is 6.84. The van der Waals surface area contributed by atoms with Crippen molar-refractivity contribution in [3.8, 4) is 0 Å². The van der Waals surface area contributed by atoms with Crippen LogP contribution < -0.4 is 5.73 Å². The van der Waals surface area contributed by atoms with Gasteiger partial charge in [-0.1, -0.05) is 12.8 Å². The molecule has 11 heavy (non-hydrogen) atoms. The minimum absolute atomic E-state index is 0.249. The maximum Gasteiger partial charge on any atom is 0.310 e. The minimum Gasteiger partial charge on any atom is -0.481 e. The van der Waals surface area contributed by atoms with E-state index >= 15 is 0 Å². The van der Waals surface area contributed by atoms with Gasteiger partial charge in [0, 0.05) is 6.54 Å². The van der Waals surface area contributed by atoms with Crippen LogP contribution in [0.25, 0.3) is 0 Å². The summed E-state index contributed by atoms with van der Waals surface area (Å²) in [5.41, 5.74) is 4.72. The summed E-state index contributed by atoms with van der Waals surface area (Å²) in [7, 11) is 0. The highest BCUT2D eigenvalue weighted by molar-refractivity contribution is 5.74. The van der Waals surface area contributed by atoms with Gasteiger partial charge in [0.2, 0.25) is 0 Å². The van der Waals surface area contributed by atoms with Gasteiger partial charge in [-0.2, -0.15) is 0 Å². The van der Waals surface area contributed by atoms with E-state index in [4.69, 9.17) is 10.8 Å². The lowest BCUT2D eigenvalue weighted by atomic mass is 9.85. The molecule has 0 aromatic rings. The summed E-state index contributed by atoms with van der Waals surface area (Å²) in [4.78, 5) is 10.7. The second kappa shape index (κ2) is 2.81. The van der Waals surface area contributed by atoms with E-state index in [1.54, 1.807) is 6.92 Å². The van der Waals surface area contributed by atoms with E-state index in [-0.39, 0.29) is 6.54 Å². The topological polar surface area (TPSA) is 63.3 Å². The number of rotatable bonds is 4. The third-order valence-electron chi connectivity index (χ3n) is 2.40. The highest BCUT2D eigenvalue weighted by Crippen LogP contribution is 2.39. The number of aliphatic carboxylic acids is 1. The fourth-order valence-corrected chi connectivity index (χ4v) is 1.22. The predicted octanol–water partition coefficient (Wildman–Crippen LogP) is 0.836. The molecule has 1 unspecified atom stereocenters. The van der Waals surface area contributed by atoms with E-state index in [0.29, 0.717) is 5.92 Å². The van der Waals surface area contributed by atoms with Crippen molar-refractivity contribution in [2.45, 2.75) is 26.2 Å². The van der Waals surface area contributed by atoms with Crippen LogP contribution in [0, 0.1) is 11.3 Å². The van der Waals surface area contributed by atoms with Crippen molar-refractivity contribution in [1.29, 1.82) is 0 Å². The molecule has 0 aromatic carbocycles. The van der Waals surface area contributed by atoms with Crippen LogP contribution in [-0.4, -0.2) is 17.6 Å². The molecule has 1 fully saturated rings. The first-order valence-corrected chi connectivity index (χ1v) is 4.02. The van der Waals surface area contributed by atoms with Gasteiger partial charge >= 0.3 is 5.97 Å². The Morgan fingerprint density at radius 1 is 1.73 bits per heavy atom. The van der Waals surface area contributed by atoms with Crippen molar-refractivity contribution in [3.63, 3.8) is 0 Å². The van der Waals surface area contributed by atoms with E-state index in [2.05, 4.69) is 0 Å². The largest absolute Gasteiger partial charge is 0.481 e. The SMILES string of the molecule is CC(CN)(CC1CC1)C(=O)O. The third-order valence-corrected chi connectivity index (χ3v) is 2.40. The van der Waals surface area contributed by atoms with Gasteiger partial charge in [-0.15, -0.1) is 0 Å². The first kappa shape index (κ1) is 8.53. The van der Waals surface area contributed by atoms with Crippen molar-refractivity contribution in [3.05, 3.63) is 0 Å². The molecule has 1 aliphatic carbocycles. The Morgan fingerprint density at radius 2 is 2.27 bits per heavy atom. The van der Waals surface area contributed by atoms with E-state index in [9.17, 15) is 4.79 Å². The average molecular weight is 157 g/mol. The first-order valence-electron chi connectivity index (χ1n) is 4.02. The van der Waals surface area contributed by atoms with Crippen molar-refractivity contribution >= 4 is 5.97 Å². The van der Waals surface area contributed by atoms with Gasteiger partial charge in [-0.3, -0.25) is 4.79 Å². The number of hydrogen-bond acceptors (Lipinski definition) is 2. The zero-order valence-electron chi connectivity index (χ0n) is 6.84. The molecule has 1 rings (SSSR count). The first-order chi connectivity index (χ1) is 5.08. The van der Waals surface area contributed by atoms with Crippen molar-refractivity contribution in [2.75, 3.05) is 6.54 Å². The Hall–Kier alpha value is -0.570. The fourth-order valence-electron chi connectivity index (χ4n) is 1.22. The van der Waals surface area contributed by atoms with Crippen LogP contribution in [0.5, 0.6) is 0 Å². The molecule has 3 nitrogen and oxygen atoms in total. The molecule has 0 aliphatic heterocycles. The quantitative estimate of drug-likeness (QED) is 0.635. The predicted molar refractivity (Wildman–Crippen MR) is 42.1 cm³/mol. The van der Waals surface area contributed by atoms with Gasteiger partial charge in [0.05, 0.1) is 5.41 Å². The normalized spacial score (nSPS) is 22.7. The Morgan fingerprint density at radius 3 is 2.55 bits per heavy atom. The summed E-state index contributed by atoms with van der Waals surface area (Å²) in [6.07, 6.45) is 3.12. The number of nitrogens with two attached hydrogens (primary N) is 1. The molecule has 0 saturated heterocycles. The molecule has 0 spiro atoms. The second-order valence-corrected chi connectivity index (χ2v) is 3.72. The molecule has 0 amide bonds. The van der Waals surface area contributed by atoms with Crippen molar-refractivity contribution < 1.29 is 9.90 Å². The van der Waals surface area contributed by atoms with Gasteiger partial charge in [0.25, 0.3) is 0 Å². The molecule has 64 valence electrons. The van der Waals surface area contributed by atoms with Gasteiger partial charge in [-0.05, 0) is 19.3 Å². The summed E-state index contributed by atoms with van der Waals surface area (Å²) in [5.74, 6) is -0.133. The maximum absolute atomic E-state index is 10.7. The molecular weight excluding hydrogens is 142 g/mol. The summed E-state index contributed by atoms with van der Waals surface area (Å²) in [6.45, 7) is 1.98. The summed E-state index contributed by atoms with van der Waals surface area (Å²) < 4.78 is 0. The number of carboxylic acids is 1. The smallest absolute Gasteiger partial charge is 0.310 e. The Balaban J connectivity index is 2.49. The van der Waals surface area contributed by atoms with Crippen LogP contribution in [-0.2, 0) is 4.79 Å². The van der Waals surface area contributed by atoms with E-state index in [1.807, 2.05) is 0 Å².